The lowest BCUT2D eigenvalue weighted by Gasteiger charge is -2.37. The molecule has 0 bridgehead atoms. The van der Waals surface area contributed by atoms with E-state index in [2.05, 4.69) is 15.2 Å². The molecule has 2 aromatic heterocycles. The van der Waals surface area contributed by atoms with Gasteiger partial charge in [-0.3, -0.25) is 4.79 Å². The highest BCUT2D eigenvalue weighted by molar-refractivity contribution is 5.98. The zero-order chi connectivity index (χ0) is 22.3. The van der Waals surface area contributed by atoms with E-state index in [4.69, 9.17) is 4.42 Å². The Morgan fingerprint density at radius 1 is 1.26 bits per heavy atom. The molecule has 1 amide bonds. The van der Waals surface area contributed by atoms with Crippen LogP contribution in [0, 0.1) is 12.7 Å². The van der Waals surface area contributed by atoms with E-state index in [9.17, 15) is 14.3 Å². The predicted octanol–water partition coefficient (Wildman–Crippen LogP) is 3.34. The summed E-state index contributed by atoms with van der Waals surface area (Å²) in [6.45, 7) is 7.51. The Morgan fingerprint density at radius 3 is 2.61 bits per heavy atom. The molecular formula is C22H26FN5O3. The zero-order valence-electron chi connectivity index (χ0n) is 18.0. The highest BCUT2D eigenvalue weighted by Crippen LogP contribution is 2.34. The first kappa shape index (κ1) is 21.2. The van der Waals surface area contributed by atoms with Gasteiger partial charge in [0.05, 0.1) is 23.9 Å². The molecule has 1 aliphatic rings. The van der Waals surface area contributed by atoms with Crippen molar-refractivity contribution in [1.82, 2.24) is 24.9 Å². The van der Waals surface area contributed by atoms with Crippen LogP contribution in [0.3, 0.4) is 0 Å². The second kappa shape index (κ2) is 7.88. The molecule has 4 rings (SSSR count). The van der Waals surface area contributed by atoms with Crippen LogP contribution in [0.4, 0.5) is 4.39 Å². The van der Waals surface area contributed by atoms with Gasteiger partial charge in [-0.15, -0.1) is 0 Å². The third-order valence-corrected chi connectivity index (χ3v) is 5.71. The summed E-state index contributed by atoms with van der Waals surface area (Å²) >= 11 is 0. The van der Waals surface area contributed by atoms with Gasteiger partial charge in [0.1, 0.15) is 28.6 Å². The molecule has 9 heteroatoms. The van der Waals surface area contributed by atoms with Crippen LogP contribution < -0.4 is 0 Å². The summed E-state index contributed by atoms with van der Waals surface area (Å²) in [5.74, 6) is 0.303. The number of oxazole rings is 1. The largest absolute Gasteiger partial charge is 0.445 e. The summed E-state index contributed by atoms with van der Waals surface area (Å²) in [7, 11) is 0. The molecule has 0 radical (unpaired) electrons. The van der Waals surface area contributed by atoms with Gasteiger partial charge in [-0.1, -0.05) is 0 Å². The number of hydrogen-bond donors (Lipinski definition) is 1. The van der Waals surface area contributed by atoms with E-state index >= 15 is 0 Å². The average Bonchev–Trinajstić information content (AvgIpc) is 3.37. The van der Waals surface area contributed by atoms with E-state index in [1.165, 1.54) is 35.4 Å². The molecule has 0 spiro atoms. The Morgan fingerprint density at radius 2 is 1.97 bits per heavy atom. The highest BCUT2D eigenvalue weighted by atomic mass is 19.1. The highest BCUT2D eigenvalue weighted by Gasteiger charge is 2.35. The molecule has 0 saturated carbocycles. The average molecular weight is 427 g/mol. The van der Waals surface area contributed by atoms with Gasteiger partial charge in [-0.05, 0) is 52.7 Å². The van der Waals surface area contributed by atoms with Crippen molar-refractivity contribution in [1.29, 1.82) is 0 Å². The molecule has 3 heterocycles. The van der Waals surface area contributed by atoms with Crippen LogP contribution in [0.25, 0.3) is 5.69 Å². The molecule has 3 aromatic rings. The number of halogens is 1. The quantitative estimate of drug-likeness (QED) is 0.686. The van der Waals surface area contributed by atoms with E-state index in [0.29, 0.717) is 35.1 Å². The smallest absolute Gasteiger partial charge is 0.256 e. The maximum absolute atomic E-state index is 13.9. The number of likely N-dealkylation sites (tertiary alicyclic amines) is 1. The minimum absolute atomic E-state index is 0.00274. The van der Waals surface area contributed by atoms with Gasteiger partial charge in [0, 0.05) is 18.7 Å². The molecule has 2 atom stereocenters. The normalized spacial score (nSPS) is 19.6. The third-order valence-electron chi connectivity index (χ3n) is 5.71. The lowest BCUT2D eigenvalue weighted by Crippen LogP contribution is -2.45. The first-order valence-electron chi connectivity index (χ1n) is 10.3. The van der Waals surface area contributed by atoms with Crippen LogP contribution in [0.2, 0.25) is 0 Å². The van der Waals surface area contributed by atoms with Gasteiger partial charge in [-0.2, -0.15) is 15.0 Å². The van der Waals surface area contributed by atoms with Crippen molar-refractivity contribution < 1.29 is 18.7 Å². The first-order valence-corrected chi connectivity index (χ1v) is 10.3. The number of carbonyl (C=O) groups is 1. The number of aromatic nitrogens is 4. The van der Waals surface area contributed by atoms with Crippen molar-refractivity contribution in [2.24, 2.45) is 0 Å². The minimum Gasteiger partial charge on any atom is -0.445 e. The lowest BCUT2D eigenvalue weighted by atomic mass is 9.92. The second-order valence-corrected chi connectivity index (χ2v) is 8.58. The molecule has 1 fully saturated rings. The Balaban J connectivity index is 1.64. The van der Waals surface area contributed by atoms with Crippen LogP contribution in [-0.4, -0.2) is 48.5 Å². The Hall–Kier alpha value is -3.07. The first-order chi connectivity index (χ1) is 14.6. The van der Waals surface area contributed by atoms with Crippen molar-refractivity contribution in [2.45, 2.75) is 58.1 Å². The van der Waals surface area contributed by atoms with E-state index in [0.717, 1.165) is 12.8 Å². The number of benzene rings is 1. The van der Waals surface area contributed by atoms with Crippen LogP contribution in [0.5, 0.6) is 0 Å². The fourth-order valence-corrected chi connectivity index (χ4v) is 4.10. The van der Waals surface area contributed by atoms with E-state index in [1.54, 1.807) is 25.7 Å². The number of amides is 1. The van der Waals surface area contributed by atoms with E-state index in [-0.39, 0.29) is 17.9 Å². The maximum Gasteiger partial charge on any atom is 0.256 e. The van der Waals surface area contributed by atoms with Gasteiger partial charge in [-0.25, -0.2) is 9.37 Å². The molecule has 1 aliphatic heterocycles. The maximum atomic E-state index is 13.9. The van der Waals surface area contributed by atoms with Gasteiger partial charge >= 0.3 is 0 Å². The van der Waals surface area contributed by atoms with Crippen molar-refractivity contribution in [2.75, 3.05) is 6.54 Å². The monoisotopic (exact) mass is 427 g/mol. The number of hydrogen-bond acceptors (Lipinski definition) is 6. The second-order valence-electron chi connectivity index (χ2n) is 8.58. The topological polar surface area (TPSA) is 97.3 Å². The molecule has 164 valence electrons. The number of aryl methyl sites for hydroxylation is 1. The lowest BCUT2D eigenvalue weighted by molar-refractivity contribution is 0.0594. The predicted molar refractivity (Wildman–Crippen MR) is 110 cm³/mol. The molecule has 0 aliphatic carbocycles. The zero-order valence-corrected chi connectivity index (χ0v) is 18.0. The van der Waals surface area contributed by atoms with Gasteiger partial charge in [0.15, 0.2) is 5.89 Å². The number of carbonyl (C=O) groups excluding carboxylic acids is 1. The summed E-state index contributed by atoms with van der Waals surface area (Å²) < 4.78 is 19.8. The molecule has 8 nitrogen and oxygen atoms in total. The van der Waals surface area contributed by atoms with Gasteiger partial charge < -0.3 is 14.4 Å². The number of aliphatic hydroxyl groups is 1. The SMILES string of the molecule is Cc1oc(C2CC[C@@H](C)N(C(=O)c3ccc(F)cc3-n3nccn3)C2)nc1C(C)(C)O. The van der Waals surface area contributed by atoms with E-state index in [1.807, 2.05) is 6.92 Å². The standard InChI is InChI=1S/C22H26FN5O3/c1-13-5-6-15(20-26-19(14(2)31-20)22(3,4)30)12-27(13)21(29)17-8-7-16(23)11-18(17)28-24-9-10-25-28/h7-11,13,15,30H,5-6,12H2,1-4H3/t13-,15?/m1/s1. The minimum atomic E-state index is -1.11. The molecule has 31 heavy (non-hydrogen) atoms. The summed E-state index contributed by atoms with van der Waals surface area (Å²) in [6.07, 6.45) is 4.53. The molecule has 1 saturated heterocycles. The fraction of sp³-hybridized carbons (Fsp3) is 0.455. The van der Waals surface area contributed by atoms with Crippen LogP contribution >= 0.6 is 0 Å². The fourth-order valence-electron chi connectivity index (χ4n) is 4.10. The Bertz CT molecular complexity index is 1090. The van der Waals surface area contributed by atoms with Crippen molar-refractivity contribution >= 4 is 5.91 Å². The summed E-state index contributed by atoms with van der Waals surface area (Å²) in [5.41, 5.74) is 0.0133. The summed E-state index contributed by atoms with van der Waals surface area (Å²) in [4.78, 5) is 21.0. The van der Waals surface area contributed by atoms with Crippen molar-refractivity contribution in [3.05, 3.63) is 59.3 Å². The van der Waals surface area contributed by atoms with Crippen LogP contribution in [0.15, 0.2) is 35.0 Å². The number of nitrogens with zero attached hydrogens (tertiary/aromatic N) is 5. The number of piperidine rings is 1. The van der Waals surface area contributed by atoms with Crippen LogP contribution in [-0.2, 0) is 5.60 Å². The Kier molecular flexibility index (Phi) is 5.38. The van der Waals surface area contributed by atoms with Crippen LogP contribution in [0.1, 0.15) is 67.2 Å². The van der Waals surface area contributed by atoms with Gasteiger partial charge in [0.25, 0.3) is 5.91 Å². The Labute approximate surface area is 179 Å². The molecular weight excluding hydrogens is 401 g/mol. The molecule has 1 unspecified atom stereocenters. The number of rotatable bonds is 4. The van der Waals surface area contributed by atoms with E-state index < -0.39 is 11.4 Å². The van der Waals surface area contributed by atoms with Crippen molar-refractivity contribution in [3.63, 3.8) is 0 Å². The molecule has 1 aromatic carbocycles. The van der Waals surface area contributed by atoms with Crippen molar-refractivity contribution in [3.8, 4) is 5.69 Å². The third kappa shape index (κ3) is 4.10. The molecule has 1 N–H and O–H groups in total. The van der Waals surface area contributed by atoms with Gasteiger partial charge in [0.2, 0.25) is 0 Å². The summed E-state index contributed by atoms with van der Waals surface area (Å²) in [6, 6.07) is 3.98. The summed E-state index contributed by atoms with van der Waals surface area (Å²) in [5, 5.41) is 18.4.